The Kier molecular flexibility index (Phi) is 7.45. The van der Waals surface area contributed by atoms with Crippen molar-refractivity contribution < 1.29 is 9.53 Å². The molecule has 0 atom stereocenters. The fraction of sp³-hybridized carbons (Fsp3) is 0.474. The van der Waals surface area contributed by atoms with Gasteiger partial charge in [0.1, 0.15) is 11.6 Å². The standard InChI is InChI=1S/C19H26N4O2/c1-22(2)18-6-4-16(5-7-18)14-17(15-20)19(24)21-8-3-9-23-10-12-25-13-11-23/h4-7,14H,3,8-13H2,1-2H3,(H,21,24)/b17-14+. The normalized spacial score (nSPS) is 15.5. The highest BCUT2D eigenvalue weighted by Gasteiger charge is 2.11. The van der Waals surface area contributed by atoms with Crippen LogP contribution < -0.4 is 10.2 Å². The molecule has 1 aromatic rings. The molecule has 1 saturated heterocycles. The number of hydrogen-bond donors (Lipinski definition) is 1. The van der Waals surface area contributed by atoms with E-state index in [9.17, 15) is 10.1 Å². The molecule has 1 aromatic carbocycles. The third-order valence-corrected chi connectivity index (χ3v) is 4.13. The van der Waals surface area contributed by atoms with Crippen LogP contribution in [0.3, 0.4) is 0 Å². The highest BCUT2D eigenvalue weighted by molar-refractivity contribution is 6.01. The number of amides is 1. The minimum Gasteiger partial charge on any atom is -0.379 e. The van der Waals surface area contributed by atoms with E-state index in [1.165, 1.54) is 0 Å². The van der Waals surface area contributed by atoms with Gasteiger partial charge in [0, 0.05) is 39.4 Å². The van der Waals surface area contributed by atoms with Crippen molar-refractivity contribution in [3.8, 4) is 6.07 Å². The molecule has 1 aliphatic rings. The summed E-state index contributed by atoms with van der Waals surface area (Å²) in [4.78, 5) is 16.5. The van der Waals surface area contributed by atoms with E-state index in [4.69, 9.17) is 4.74 Å². The molecule has 0 aromatic heterocycles. The lowest BCUT2D eigenvalue weighted by molar-refractivity contribution is -0.117. The van der Waals surface area contributed by atoms with Crippen molar-refractivity contribution in [3.05, 3.63) is 35.4 Å². The van der Waals surface area contributed by atoms with Gasteiger partial charge in [-0.05, 0) is 36.7 Å². The molecule has 0 spiro atoms. The summed E-state index contributed by atoms with van der Waals surface area (Å²) in [5, 5.41) is 12.1. The van der Waals surface area contributed by atoms with Crippen molar-refractivity contribution in [2.24, 2.45) is 0 Å². The maximum Gasteiger partial charge on any atom is 0.261 e. The lowest BCUT2D eigenvalue weighted by Crippen LogP contribution is -2.38. The maximum absolute atomic E-state index is 12.2. The van der Waals surface area contributed by atoms with Crippen LogP contribution in [0, 0.1) is 11.3 Å². The van der Waals surface area contributed by atoms with Crippen LogP contribution >= 0.6 is 0 Å². The number of hydrogen-bond acceptors (Lipinski definition) is 5. The summed E-state index contributed by atoms with van der Waals surface area (Å²) in [6.07, 6.45) is 2.48. The minimum absolute atomic E-state index is 0.129. The molecule has 1 N–H and O–H groups in total. The Morgan fingerprint density at radius 2 is 2.00 bits per heavy atom. The molecule has 0 aliphatic carbocycles. The lowest BCUT2D eigenvalue weighted by Gasteiger charge is -2.26. The van der Waals surface area contributed by atoms with Gasteiger partial charge in [0.05, 0.1) is 13.2 Å². The number of anilines is 1. The molecule has 0 radical (unpaired) electrons. The zero-order valence-electron chi connectivity index (χ0n) is 15.0. The molecule has 0 bridgehead atoms. The summed E-state index contributed by atoms with van der Waals surface area (Å²) in [7, 11) is 3.94. The van der Waals surface area contributed by atoms with Gasteiger partial charge in [-0.25, -0.2) is 0 Å². The van der Waals surface area contributed by atoms with E-state index in [0.29, 0.717) is 6.54 Å². The Labute approximate surface area is 149 Å². The number of ether oxygens (including phenoxy) is 1. The van der Waals surface area contributed by atoms with Gasteiger partial charge >= 0.3 is 0 Å². The topological polar surface area (TPSA) is 68.6 Å². The first-order valence-electron chi connectivity index (χ1n) is 8.57. The van der Waals surface area contributed by atoms with Gasteiger partial charge in [0.25, 0.3) is 5.91 Å². The van der Waals surface area contributed by atoms with Crippen molar-refractivity contribution in [1.82, 2.24) is 10.2 Å². The van der Waals surface area contributed by atoms with Gasteiger partial charge in [-0.1, -0.05) is 12.1 Å². The van der Waals surface area contributed by atoms with Crippen LogP contribution in [-0.2, 0) is 9.53 Å². The van der Waals surface area contributed by atoms with Gasteiger partial charge in [-0.15, -0.1) is 0 Å². The molecule has 1 heterocycles. The fourth-order valence-corrected chi connectivity index (χ4v) is 2.61. The molecule has 134 valence electrons. The Bertz CT molecular complexity index is 626. The van der Waals surface area contributed by atoms with Crippen molar-refractivity contribution in [1.29, 1.82) is 5.26 Å². The van der Waals surface area contributed by atoms with Crippen LogP contribution in [0.5, 0.6) is 0 Å². The summed E-state index contributed by atoms with van der Waals surface area (Å²) in [6.45, 7) is 4.94. The number of carbonyl (C=O) groups excluding carboxylic acids is 1. The molecule has 6 heteroatoms. The molecule has 1 aliphatic heterocycles. The second kappa shape index (κ2) is 9.82. The smallest absolute Gasteiger partial charge is 0.261 e. The van der Waals surface area contributed by atoms with E-state index in [1.807, 2.05) is 49.3 Å². The number of carbonyl (C=O) groups is 1. The Balaban J connectivity index is 1.82. The zero-order chi connectivity index (χ0) is 18.1. The summed E-state index contributed by atoms with van der Waals surface area (Å²) in [5.74, 6) is -0.318. The van der Waals surface area contributed by atoms with Crippen molar-refractivity contribution >= 4 is 17.7 Å². The van der Waals surface area contributed by atoms with Gasteiger partial charge in [-0.2, -0.15) is 5.26 Å². The first-order valence-corrected chi connectivity index (χ1v) is 8.57. The van der Waals surface area contributed by atoms with Crippen LogP contribution in [0.25, 0.3) is 6.08 Å². The third-order valence-electron chi connectivity index (χ3n) is 4.13. The second-order valence-electron chi connectivity index (χ2n) is 6.22. The number of nitrogens with one attached hydrogen (secondary N) is 1. The van der Waals surface area contributed by atoms with Gasteiger partial charge < -0.3 is 15.0 Å². The predicted octanol–water partition coefficient (Wildman–Crippen LogP) is 1.50. The number of morpholine rings is 1. The molecule has 2 rings (SSSR count). The van der Waals surface area contributed by atoms with E-state index in [-0.39, 0.29) is 11.5 Å². The number of nitriles is 1. The van der Waals surface area contributed by atoms with Gasteiger partial charge in [0.15, 0.2) is 0 Å². The minimum atomic E-state index is -0.318. The summed E-state index contributed by atoms with van der Waals surface area (Å²) >= 11 is 0. The molecule has 25 heavy (non-hydrogen) atoms. The van der Waals surface area contributed by atoms with E-state index in [1.54, 1.807) is 6.08 Å². The van der Waals surface area contributed by atoms with Crippen molar-refractivity contribution in [3.63, 3.8) is 0 Å². The first kappa shape index (κ1) is 19.0. The van der Waals surface area contributed by atoms with Crippen LogP contribution in [0.2, 0.25) is 0 Å². The second-order valence-corrected chi connectivity index (χ2v) is 6.22. The van der Waals surface area contributed by atoms with E-state index in [2.05, 4.69) is 10.2 Å². The van der Waals surface area contributed by atoms with Gasteiger partial charge in [-0.3, -0.25) is 9.69 Å². The largest absolute Gasteiger partial charge is 0.379 e. The van der Waals surface area contributed by atoms with E-state index >= 15 is 0 Å². The first-order chi connectivity index (χ1) is 12.1. The maximum atomic E-state index is 12.2. The highest BCUT2D eigenvalue weighted by atomic mass is 16.5. The molecule has 0 saturated carbocycles. The molecule has 1 fully saturated rings. The highest BCUT2D eigenvalue weighted by Crippen LogP contribution is 2.14. The molecule has 0 unspecified atom stereocenters. The number of benzene rings is 1. The van der Waals surface area contributed by atoms with E-state index in [0.717, 1.165) is 50.5 Å². The quantitative estimate of drug-likeness (QED) is 0.462. The van der Waals surface area contributed by atoms with E-state index < -0.39 is 0 Å². The summed E-state index contributed by atoms with van der Waals surface area (Å²) in [6, 6.07) is 9.71. The van der Waals surface area contributed by atoms with Crippen LogP contribution in [0.4, 0.5) is 5.69 Å². The molecular weight excluding hydrogens is 316 g/mol. The molecule has 1 amide bonds. The summed E-state index contributed by atoms with van der Waals surface area (Å²) < 4.78 is 5.31. The lowest BCUT2D eigenvalue weighted by atomic mass is 10.1. The average molecular weight is 342 g/mol. The SMILES string of the molecule is CN(C)c1ccc(/C=C(\C#N)C(=O)NCCCN2CCOCC2)cc1. The fourth-order valence-electron chi connectivity index (χ4n) is 2.61. The average Bonchev–Trinajstić information content (AvgIpc) is 2.64. The predicted molar refractivity (Wildman–Crippen MR) is 99.2 cm³/mol. The molecular formula is C19H26N4O2. The molecule has 6 nitrogen and oxygen atoms in total. The monoisotopic (exact) mass is 342 g/mol. The third kappa shape index (κ3) is 6.22. The Hall–Kier alpha value is -2.36. The number of nitrogens with zero attached hydrogens (tertiary/aromatic N) is 3. The van der Waals surface area contributed by atoms with Crippen molar-refractivity contribution in [2.75, 3.05) is 58.4 Å². The Morgan fingerprint density at radius 3 is 2.60 bits per heavy atom. The Morgan fingerprint density at radius 1 is 1.32 bits per heavy atom. The summed E-state index contributed by atoms with van der Waals surface area (Å²) in [5.41, 5.74) is 2.04. The van der Waals surface area contributed by atoms with Crippen LogP contribution in [-0.4, -0.2) is 64.3 Å². The van der Waals surface area contributed by atoms with Crippen LogP contribution in [0.15, 0.2) is 29.8 Å². The van der Waals surface area contributed by atoms with Gasteiger partial charge in [0.2, 0.25) is 0 Å². The number of rotatable bonds is 7. The zero-order valence-corrected chi connectivity index (χ0v) is 15.0. The van der Waals surface area contributed by atoms with Crippen LogP contribution in [0.1, 0.15) is 12.0 Å². The van der Waals surface area contributed by atoms with Crippen molar-refractivity contribution in [2.45, 2.75) is 6.42 Å².